The molecule has 0 amide bonds. The smallest absolute Gasteiger partial charge is 0.137 e. The highest BCUT2D eigenvalue weighted by molar-refractivity contribution is 7.99. The molecule has 1 saturated heterocycles. The quantitative estimate of drug-likeness (QED) is 0.922. The zero-order valence-electron chi connectivity index (χ0n) is 10.6. The Balaban J connectivity index is 2.18. The van der Waals surface area contributed by atoms with Crippen molar-refractivity contribution < 1.29 is 4.74 Å². The minimum atomic E-state index is 0.259. The fourth-order valence-electron chi connectivity index (χ4n) is 2.28. The van der Waals surface area contributed by atoms with E-state index in [0.29, 0.717) is 17.3 Å². The molecule has 0 aromatic heterocycles. The van der Waals surface area contributed by atoms with Gasteiger partial charge in [-0.1, -0.05) is 17.7 Å². The molecular formula is C13H19ClN2OS. The largest absolute Gasteiger partial charge is 0.495 e. The third-order valence-corrected chi connectivity index (χ3v) is 4.51. The van der Waals surface area contributed by atoms with E-state index in [1.165, 1.54) is 17.1 Å². The van der Waals surface area contributed by atoms with Gasteiger partial charge in [-0.3, -0.25) is 4.90 Å². The number of halogens is 1. The fourth-order valence-corrected chi connectivity index (χ4v) is 3.47. The summed E-state index contributed by atoms with van der Waals surface area (Å²) in [7, 11) is 1.63. The van der Waals surface area contributed by atoms with Gasteiger partial charge in [-0.15, -0.1) is 0 Å². The van der Waals surface area contributed by atoms with Crippen LogP contribution in [0.3, 0.4) is 0 Å². The Morgan fingerprint density at radius 3 is 2.72 bits per heavy atom. The molecule has 1 aromatic rings. The molecule has 2 rings (SSSR count). The first kappa shape index (κ1) is 14.0. The summed E-state index contributed by atoms with van der Waals surface area (Å²) in [5.74, 6) is 3.08. The molecule has 3 nitrogen and oxygen atoms in total. The van der Waals surface area contributed by atoms with Crippen molar-refractivity contribution in [2.24, 2.45) is 5.73 Å². The number of benzene rings is 1. The number of nitrogens with zero attached hydrogens (tertiary/aromatic N) is 1. The Morgan fingerprint density at radius 2 is 2.17 bits per heavy atom. The third-order valence-electron chi connectivity index (χ3n) is 3.27. The number of hydrogen-bond donors (Lipinski definition) is 1. The molecule has 1 aliphatic rings. The average Bonchev–Trinajstić information content (AvgIpc) is 2.41. The van der Waals surface area contributed by atoms with E-state index in [0.717, 1.165) is 13.1 Å². The number of methoxy groups -OCH3 is 1. The van der Waals surface area contributed by atoms with E-state index in [1.54, 1.807) is 7.11 Å². The van der Waals surface area contributed by atoms with Crippen molar-refractivity contribution in [3.05, 3.63) is 28.8 Å². The lowest BCUT2D eigenvalue weighted by molar-refractivity contribution is 0.223. The molecule has 0 saturated carbocycles. The Labute approximate surface area is 118 Å². The van der Waals surface area contributed by atoms with Crippen molar-refractivity contribution in [1.29, 1.82) is 0 Å². The second-order valence-electron chi connectivity index (χ2n) is 4.29. The van der Waals surface area contributed by atoms with Gasteiger partial charge in [-0.05, 0) is 17.7 Å². The van der Waals surface area contributed by atoms with Crippen molar-refractivity contribution >= 4 is 23.4 Å². The van der Waals surface area contributed by atoms with E-state index in [2.05, 4.69) is 11.0 Å². The van der Waals surface area contributed by atoms with Crippen molar-refractivity contribution in [2.45, 2.75) is 6.04 Å². The Kier molecular flexibility index (Phi) is 5.18. The van der Waals surface area contributed by atoms with Crippen LogP contribution in [0.25, 0.3) is 0 Å². The summed E-state index contributed by atoms with van der Waals surface area (Å²) in [6.45, 7) is 2.81. The molecule has 1 aromatic carbocycles. The van der Waals surface area contributed by atoms with Crippen LogP contribution in [-0.4, -0.2) is 43.1 Å². The maximum absolute atomic E-state index is 6.18. The van der Waals surface area contributed by atoms with Crippen molar-refractivity contribution in [3.63, 3.8) is 0 Å². The molecule has 1 heterocycles. The number of ether oxygens (including phenoxy) is 1. The van der Waals surface area contributed by atoms with Crippen LogP contribution in [-0.2, 0) is 0 Å². The SMILES string of the molecule is COc1ccc(C(CN)N2CCSCC2)cc1Cl. The summed E-state index contributed by atoms with van der Waals surface area (Å²) in [6.07, 6.45) is 0. The number of rotatable bonds is 4. The van der Waals surface area contributed by atoms with Gasteiger partial charge in [-0.2, -0.15) is 11.8 Å². The highest BCUT2D eigenvalue weighted by Crippen LogP contribution is 2.30. The minimum absolute atomic E-state index is 0.259. The van der Waals surface area contributed by atoms with Gasteiger partial charge in [0.2, 0.25) is 0 Å². The van der Waals surface area contributed by atoms with E-state index in [1.807, 2.05) is 23.9 Å². The van der Waals surface area contributed by atoms with Crippen LogP contribution in [0.4, 0.5) is 0 Å². The van der Waals surface area contributed by atoms with E-state index in [-0.39, 0.29) is 6.04 Å². The maximum atomic E-state index is 6.18. The van der Waals surface area contributed by atoms with Gasteiger partial charge in [0.05, 0.1) is 12.1 Å². The highest BCUT2D eigenvalue weighted by Gasteiger charge is 2.21. The number of hydrogen-bond acceptors (Lipinski definition) is 4. The van der Waals surface area contributed by atoms with Crippen molar-refractivity contribution in [1.82, 2.24) is 4.90 Å². The first-order valence-corrected chi connectivity index (χ1v) is 7.65. The van der Waals surface area contributed by atoms with Crippen LogP contribution >= 0.6 is 23.4 Å². The van der Waals surface area contributed by atoms with Crippen LogP contribution < -0.4 is 10.5 Å². The Hall–Kier alpha value is -0.420. The summed E-state index contributed by atoms with van der Waals surface area (Å²) in [4.78, 5) is 2.44. The van der Waals surface area contributed by atoms with Gasteiger partial charge in [0.15, 0.2) is 0 Å². The molecule has 0 aliphatic carbocycles. The molecule has 18 heavy (non-hydrogen) atoms. The molecule has 1 aliphatic heterocycles. The van der Waals surface area contributed by atoms with E-state index < -0.39 is 0 Å². The summed E-state index contributed by atoms with van der Waals surface area (Å²) < 4.78 is 5.18. The topological polar surface area (TPSA) is 38.5 Å². The molecule has 1 unspecified atom stereocenters. The van der Waals surface area contributed by atoms with E-state index in [9.17, 15) is 0 Å². The van der Waals surface area contributed by atoms with E-state index >= 15 is 0 Å². The maximum Gasteiger partial charge on any atom is 0.137 e. The zero-order valence-corrected chi connectivity index (χ0v) is 12.1. The summed E-state index contributed by atoms with van der Waals surface area (Å²) >= 11 is 8.18. The molecule has 1 fully saturated rings. The van der Waals surface area contributed by atoms with Crippen LogP contribution in [0.2, 0.25) is 5.02 Å². The fraction of sp³-hybridized carbons (Fsp3) is 0.538. The predicted octanol–water partition coefficient (Wildman–Crippen LogP) is 2.40. The predicted molar refractivity (Wildman–Crippen MR) is 78.7 cm³/mol. The summed E-state index contributed by atoms with van der Waals surface area (Å²) in [5, 5.41) is 0.653. The molecule has 2 N–H and O–H groups in total. The lowest BCUT2D eigenvalue weighted by Gasteiger charge is -2.34. The van der Waals surface area contributed by atoms with Gasteiger partial charge in [0, 0.05) is 37.2 Å². The van der Waals surface area contributed by atoms with Gasteiger partial charge < -0.3 is 10.5 Å². The van der Waals surface area contributed by atoms with Crippen molar-refractivity contribution in [3.8, 4) is 5.75 Å². The van der Waals surface area contributed by atoms with Crippen LogP contribution in [0.1, 0.15) is 11.6 Å². The molecule has 1 atom stereocenters. The lowest BCUT2D eigenvalue weighted by atomic mass is 10.0. The van der Waals surface area contributed by atoms with Crippen LogP contribution in [0, 0.1) is 0 Å². The number of nitrogens with two attached hydrogens (primary N) is 1. The van der Waals surface area contributed by atoms with Crippen LogP contribution in [0.5, 0.6) is 5.75 Å². The van der Waals surface area contributed by atoms with Gasteiger partial charge >= 0.3 is 0 Å². The van der Waals surface area contributed by atoms with Gasteiger partial charge in [0.1, 0.15) is 5.75 Å². The van der Waals surface area contributed by atoms with Crippen molar-refractivity contribution in [2.75, 3.05) is 38.2 Å². The third kappa shape index (κ3) is 3.12. The van der Waals surface area contributed by atoms with Crippen LogP contribution in [0.15, 0.2) is 18.2 Å². The highest BCUT2D eigenvalue weighted by atomic mass is 35.5. The summed E-state index contributed by atoms with van der Waals surface area (Å²) in [6, 6.07) is 6.21. The first-order valence-electron chi connectivity index (χ1n) is 6.11. The lowest BCUT2D eigenvalue weighted by Crippen LogP contribution is -2.39. The molecule has 0 radical (unpaired) electrons. The first-order chi connectivity index (χ1) is 8.76. The second kappa shape index (κ2) is 6.66. The number of thioether (sulfide) groups is 1. The minimum Gasteiger partial charge on any atom is -0.495 e. The van der Waals surface area contributed by atoms with Gasteiger partial charge in [-0.25, -0.2) is 0 Å². The molecular weight excluding hydrogens is 268 g/mol. The monoisotopic (exact) mass is 286 g/mol. The Morgan fingerprint density at radius 1 is 1.44 bits per heavy atom. The zero-order chi connectivity index (χ0) is 13.0. The summed E-state index contributed by atoms with van der Waals surface area (Å²) in [5.41, 5.74) is 7.11. The average molecular weight is 287 g/mol. The molecule has 5 heteroatoms. The second-order valence-corrected chi connectivity index (χ2v) is 5.93. The van der Waals surface area contributed by atoms with Gasteiger partial charge in [0.25, 0.3) is 0 Å². The standard InChI is InChI=1S/C13H19ClN2OS/c1-17-13-3-2-10(8-11(13)14)12(9-15)16-4-6-18-7-5-16/h2-3,8,12H,4-7,9,15H2,1H3. The Bertz CT molecular complexity index is 397. The molecule has 0 spiro atoms. The normalized spacial score (nSPS) is 18.6. The van der Waals surface area contributed by atoms with E-state index in [4.69, 9.17) is 22.1 Å². The molecule has 0 bridgehead atoms. The molecule has 100 valence electrons.